The molecule has 0 N–H and O–H groups in total. The summed E-state index contributed by atoms with van der Waals surface area (Å²) >= 11 is 7.67. The molecule has 1 saturated heterocycles. The molecule has 0 bridgehead atoms. The minimum atomic E-state index is -0.944. The van der Waals surface area contributed by atoms with Crippen molar-refractivity contribution in [2.24, 2.45) is 0 Å². The molecule has 158 valence electrons. The second kappa shape index (κ2) is 8.08. The number of halogens is 1. The van der Waals surface area contributed by atoms with Crippen LogP contribution in [0.25, 0.3) is 10.2 Å². The maximum atomic E-state index is 13.1. The zero-order valence-corrected chi connectivity index (χ0v) is 19.3. The second-order valence-corrected chi connectivity index (χ2v) is 9.69. The van der Waals surface area contributed by atoms with E-state index in [9.17, 15) is 4.79 Å². The molecule has 1 amide bonds. The minimum Gasteiger partial charge on any atom is -0.478 e. The van der Waals surface area contributed by atoms with E-state index in [4.69, 9.17) is 21.3 Å². The van der Waals surface area contributed by atoms with E-state index in [-0.39, 0.29) is 5.91 Å². The Morgan fingerprint density at radius 3 is 2.43 bits per heavy atom. The number of aromatic nitrogens is 1. The predicted molar refractivity (Wildman–Crippen MR) is 124 cm³/mol. The van der Waals surface area contributed by atoms with Crippen molar-refractivity contribution in [3.8, 4) is 5.75 Å². The van der Waals surface area contributed by atoms with E-state index in [1.807, 2.05) is 18.7 Å². The highest BCUT2D eigenvalue weighted by Crippen LogP contribution is 2.32. The number of nitrogens with zero attached hydrogens (tertiary/aromatic N) is 3. The van der Waals surface area contributed by atoms with E-state index in [2.05, 4.69) is 30.9 Å². The molecule has 30 heavy (non-hydrogen) atoms. The van der Waals surface area contributed by atoms with Crippen LogP contribution in [0.4, 0.5) is 5.13 Å². The van der Waals surface area contributed by atoms with Gasteiger partial charge in [0.2, 0.25) is 0 Å². The highest BCUT2D eigenvalue weighted by molar-refractivity contribution is 7.22. The number of hydrogen-bond donors (Lipinski definition) is 0. The first-order valence-electron chi connectivity index (χ1n) is 10.1. The van der Waals surface area contributed by atoms with E-state index in [1.54, 1.807) is 35.6 Å². The van der Waals surface area contributed by atoms with Crippen LogP contribution in [0, 0.1) is 13.8 Å². The van der Waals surface area contributed by atoms with E-state index in [1.165, 1.54) is 15.8 Å². The van der Waals surface area contributed by atoms with Crippen LogP contribution < -0.4 is 9.64 Å². The molecule has 2 aromatic carbocycles. The molecule has 2 heterocycles. The molecule has 1 aromatic heterocycles. The molecule has 3 aromatic rings. The van der Waals surface area contributed by atoms with Gasteiger partial charge in [0.15, 0.2) is 10.7 Å². The van der Waals surface area contributed by atoms with E-state index in [0.29, 0.717) is 23.9 Å². The number of carbonyl (C=O) groups is 1. The molecule has 1 fully saturated rings. The SMILES string of the molecule is Cc1cc(C)c2sc(N3CCN(C(=O)C(C)(C)Oc4ccc(Cl)cc4)CC3)nc2c1. The number of carbonyl (C=O) groups excluding carboxylic acids is 1. The van der Waals surface area contributed by atoms with Crippen molar-refractivity contribution < 1.29 is 9.53 Å². The zero-order chi connectivity index (χ0) is 21.5. The summed E-state index contributed by atoms with van der Waals surface area (Å²) in [6.45, 7) is 10.7. The Kier molecular flexibility index (Phi) is 5.64. The first-order chi connectivity index (χ1) is 14.2. The Morgan fingerprint density at radius 2 is 1.77 bits per heavy atom. The number of rotatable bonds is 4. The van der Waals surface area contributed by atoms with Crippen LogP contribution in [-0.2, 0) is 4.79 Å². The summed E-state index contributed by atoms with van der Waals surface area (Å²) in [6.07, 6.45) is 0. The molecule has 0 atom stereocenters. The van der Waals surface area contributed by atoms with Crippen LogP contribution in [0.5, 0.6) is 5.75 Å². The maximum Gasteiger partial charge on any atom is 0.266 e. The number of fused-ring (bicyclic) bond motifs is 1. The van der Waals surface area contributed by atoms with Crippen LogP contribution >= 0.6 is 22.9 Å². The minimum absolute atomic E-state index is 0.00660. The van der Waals surface area contributed by atoms with Crippen LogP contribution in [0.2, 0.25) is 5.02 Å². The van der Waals surface area contributed by atoms with Gasteiger partial charge in [-0.25, -0.2) is 4.98 Å². The normalized spacial score (nSPS) is 15.0. The monoisotopic (exact) mass is 443 g/mol. The van der Waals surface area contributed by atoms with Crippen molar-refractivity contribution >= 4 is 44.2 Å². The van der Waals surface area contributed by atoms with Gasteiger partial charge in [0.05, 0.1) is 10.2 Å². The van der Waals surface area contributed by atoms with Crippen LogP contribution in [0.15, 0.2) is 36.4 Å². The summed E-state index contributed by atoms with van der Waals surface area (Å²) in [5.41, 5.74) is 2.61. The maximum absolute atomic E-state index is 13.1. The van der Waals surface area contributed by atoms with Gasteiger partial charge < -0.3 is 14.5 Å². The summed E-state index contributed by atoms with van der Waals surface area (Å²) in [5.74, 6) is 0.629. The van der Waals surface area contributed by atoms with Crippen LogP contribution in [-0.4, -0.2) is 47.6 Å². The average Bonchev–Trinajstić information content (AvgIpc) is 3.13. The van der Waals surface area contributed by atoms with Crippen LogP contribution in [0.1, 0.15) is 25.0 Å². The number of piperazine rings is 1. The Hall–Kier alpha value is -2.31. The van der Waals surface area contributed by atoms with Gasteiger partial charge >= 0.3 is 0 Å². The zero-order valence-electron chi connectivity index (χ0n) is 17.7. The lowest BCUT2D eigenvalue weighted by atomic mass is 10.1. The van der Waals surface area contributed by atoms with Gasteiger partial charge in [0.1, 0.15) is 5.75 Å². The molecule has 0 saturated carbocycles. The molecule has 0 aliphatic carbocycles. The predicted octanol–water partition coefficient (Wildman–Crippen LogP) is 5.07. The number of ether oxygens (including phenoxy) is 1. The van der Waals surface area contributed by atoms with Crippen molar-refractivity contribution in [2.75, 3.05) is 31.1 Å². The van der Waals surface area contributed by atoms with Gasteiger partial charge in [0.25, 0.3) is 5.91 Å². The lowest BCUT2D eigenvalue weighted by Crippen LogP contribution is -2.55. The van der Waals surface area contributed by atoms with Crippen molar-refractivity contribution in [1.29, 1.82) is 0 Å². The standard InChI is InChI=1S/C23H26ClN3O2S/c1-15-13-16(2)20-19(14-15)25-22(30-20)27-11-9-26(10-12-27)21(28)23(3,4)29-18-7-5-17(24)6-8-18/h5-8,13-14H,9-12H2,1-4H3. The Balaban J connectivity index is 1.41. The first-order valence-corrected chi connectivity index (χ1v) is 11.3. The second-order valence-electron chi connectivity index (χ2n) is 8.27. The smallest absolute Gasteiger partial charge is 0.266 e. The highest BCUT2D eigenvalue weighted by Gasteiger charge is 2.36. The Morgan fingerprint density at radius 1 is 1.10 bits per heavy atom. The lowest BCUT2D eigenvalue weighted by Gasteiger charge is -2.38. The molecule has 1 aliphatic heterocycles. The number of aryl methyl sites for hydroxylation is 2. The largest absolute Gasteiger partial charge is 0.478 e. The number of amides is 1. The molecule has 4 rings (SSSR count). The number of thiazole rings is 1. The number of benzene rings is 2. The van der Waals surface area contributed by atoms with Crippen LogP contribution in [0.3, 0.4) is 0 Å². The molecule has 0 spiro atoms. The van der Waals surface area contributed by atoms with Crippen molar-refractivity contribution in [3.05, 3.63) is 52.5 Å². The molecule has 7 heteroatoms. The molecular weight excluding hydrogens is 418 g/mol. The summed E-state index contributed by atoms with van der Waals surface area (Å²) in [5, 5.41) is 1.67. The van der Waals surface area contributed by atoms with Gasteiger partial charge in [-0.3, -0.25) is 4.79 Å². The highest BCUT2D eigenvalue weighted by atomic mass is 35.5. The van der Waals surface area contributed by atoms with Gasteiger partial charge in [-0.1, -0.05) is 29.0 Å². The lowest BCUT2D eigenvalue weighted by molar-refractivity contribution is -0.145. The van der Waals surface area contributed by atoms with Gasteiger partial charge in [-0.15, -0.1) is 0 Å². The fraction of sp³-hybridized carbons (Fsp3) is 0.391. The van der Waals surface area contributed by atoms with Gasteiger partial charge in [0, 0.05) is 31.2 Å². The van der Waals surface area contributed by atoms with Gasteiger partial charge in [-0.2, -0.15) is 0 Å². The fourth-order valence-corrected chi connectivity index (χ4v) is 5.02. The molecule has 0 radical (unpaired) electrons. The van der Waals surface area contributed by atoms with E-state index in [0.717, 1.165) is 23.7 Å². The number of hydrogen-bond acceptors (Lipinski definition) is 5. The third-order valence-corrected chi connectivity index (χ3v) is 6.87. The Labute approximate surface area is 186 Å². The van der Waals surface area contributed by atoms with Gasteiger partial charge in [-0.05, 0) is 69.2 Å². The molecular formula is C23H26ClN3O2S. The number of anilines is 1. The van der Waals surface area contributed by atoms with E-state index >= 15 is 0 Å². The first kappa shape index (κ1) is 20.9. The summed E-state index contributed by atoms with van der Waals surface area (Å²) < 4.78 is 7.22. The summed E-state index contributed by atoms with van der Waals surface area (Å²) in [6, 6.07) is 11.4. The quantitative estimate of drug-likeness (QED) is 0.564. The third-order valence-electron chi connectivity index (χ3n) is 5.35. The third kappa shape index (κ3) is 4.25. The van der Waals surface area contributed by atoms with Crippen molar-refractivity contribution in [1.82, 2.24) is 9.88 Å². The Bertz CT molecular complexity index is 1070. The molecule has 1 aliphatic rings. The van der Waals surface area contributed by atoms with E-state index < -0.39 is 5.60 Å². The summed E-state index contributed by atoms with van der Waals surface area (Å²) in [7, 11) is 0. The fourth-order valence-electron chi connectivity index (χ4n) is 3.82. The van der Waals surface area contributed by atoms with Crippen molar-refractivity contribution in [3.63, 3.8) is 0 Å². The molecule has 5 nitrogen and oxygen atoms in total. The topological polar surface area (TPSA) is 45.7 Å². The average molecular weight is 444 g/mol. The molecule has 0 unspecified atom stereocenters. The van der Waals surface area contributed by atoms with Crippen molar-refractivity contribution in [2.45, 2.75) is 33.3 Å². The summed E-state index contributed by atoms with van der Waals surface area (Å²) in [4.78, 5) is 22.1.